The van der Waals surface area contributed by atoms with E-state index in [-0.39, 0.29) is 30.5 Å². The minimum Gasteiger partial charge on any atom is -0.376 e. The molecular weight excluding hydrogens is 184 g/mol. The van der Waals surface area contributed by atoms with E-state index in [1.54, 1.807) is 7.11 Å². The number of ether oxygens (including phenoxy) is 4. The van der Waals surface area contributed by atoms with Crippen molar-refractivity contribution in [1.29, 1.82) is 0 Å². The Morgan fingerprint density at radius 1 is 1.07 bits per heavy atom. The van der Waals surface area contributed by atoms with Gasteiger partial charge >= 0.3 is 0 Å². The lowest BCUT2D eigenvalue weighted by Crippen LogP contribution is -2.34. The van der Waals surface area contributed by atoms with E-state index in [1.165, 1.54) is 0 Å². The highest BCUT2D eigenvalue weighted by Gasteiger charge is 2.48. The molecule has 2 saturated heterocycles. The molecule has 0 bridgehead atoms. The van der Waals surface area contributed by atoms with Gasteiger partial charge in [0, 0.05) is 7.11 Å². The summed E-state index contributed by atoms with van der Waals surface area (Å²) in [6, 6.07) is 0. The molecule has 2 aliphatic heterocycles. The van der Waals surface area contributed by atoms with E-state index in [4.69, 9.17) is 18.9 Å². The summed E-state index contributed by atoms with van der Waals surface area (Å²) in [5, 5.41) is 0. The predicted octanol–water partition coefficient (Wildman–Crippen LogP) is 0.593. The average molecular weight is 202 g/mol. The molecule has 4 heteroatoms. The fraction of sp³-hybridized carbons (Fsp3) is 1.00. The lowest BCUT2D eigenvalue weighted by atomic mass is 10.1. The van der Waals surface area contributed by atoms with E-state index in [1.807, 2.05) is 13.8 Å². The molecule has 4 nitrogen and oxygen atoms in total. The van der Waals surface area contributed by atoms with Crippen molar-refractivity contribution in [3.05, 3.63) is 0 Å². The monoisotopic (exact) mass is 202 g/mol. The third-order valence-electron chi connectivity index (χ3n) is 2.71. The molecule has 0 aromatic heterocycles. The molecule has 0 spiro atoms. The maximum atomic E-state index is 5.71. The first-order valence-corrected chi connectivity index (χ1v) is 5.14. The summed E-state index contributed by atoms with van der Waals surface area (Å²) in [5.74, 6) is 0. The Hall–Kier alpha value is -0.160. The van der Waals surface area contributed by atoms with Crippen molar-refractivity contribution in [3.63, 3.8) is 0 Å². The molecule has 0 N–H and O–H groups in total. The standard InChI is InChI=1S/C10H18O4/c1-6(2)14-8-5-13-9-7(11-3)4-12-10(8)9/h6-10H,4-5H2,1-3H3. The highest BCUT2D eigenvalue weighted by molar-refractivity contribution is 4.95. The number of hydrogen-bond acceptors (Lipinski definition) is 4. The number of methoxy groups -OCH3 is 1. The van der Waals surface area contributed by atoms with Crippen molar-refractivity contribution in [2.45, 2.75) is 44.4 Å². The summed E-state index contributed by atoms with van der Waals surface area (Å²) < 4.78 is 22.2. The van der Waals surface area contributed by atoms with Gasteiger partial charge in [0.1, 0.15) is 24.4 Å². The summed E-state index contributed by atoms with van der Waals surface area (Å²) in [7, 11) is 1.69. The minimum atomic E-state index is 0.0577. The molecule has 2 fully saturated rings. The molecule has 0 aromatic carbocycles. The van der Waals surface area contributed by atoms with Crippen molar-refractivity contribution in [1.82, 2.24) is 0 Å². The zero-order chi connectivity index (χ0) is 10.1. The molecule has 0 aliphatic carbocycles. The Labute approximate surface area is 84.5 Å². The normalized spacial score (nSPS) is 42.0. The fourth-order valence-electron chi connectivity index (χ4n) is 2.10. The second-order valence-electron chi connectivity index (χ2n) is 4.09. The van der Waals surface area contributed by atoms with Crippen LogP contribution in [0.5, 0.6) is 0 Å². The Bertz CT molecular complexity index is 195. The van der Waals surface area contributed by atoms with Gasteiger partial charge in [0.25, 0.3) is 0 Å². The first kappa shape index (κ1) is 10.4. The molecule has 2 aliphatic rings. The molecule has 2 rings (SSSR count). The molecule has 0 radical (unpaired) electrons. The average Bonchev–Trinajstić information content (AvgIpc) is 2.67. The van der Waals surface area contributed by atoms with Gasteiger partial charge in [0.05, 0.1) is 19.3 Å². The molecule has 2 heterocycles. The van der Waals surface area contributed by atoms with Crippen LogP contribution < -0.4 is 0 Å². The van der Waals surface area contributed by atoms with Gasteiger partial charge in [-0.2, -0.15) is 0 Å². The van der Waals surface area contributed by atoms with Gasteiger partial charge in [-0.05, 0) is 13.8 Å². The van der Waals surface area contributed by atoms with Crippen molar-refractivity contribution >= 4 is 0 Å². The summed E-state index contributed by atoms with van der Waals surface area (Å²) in [6.45, 7) is 5.28. The van der Waals surface area contributed by atoms with Gasteiger partial charge in [0.15, 0.2) is 0 Å². The van der Waals surface area contributed by atoms with Crippen molar-refractivity contribution < 1.29 is 18.9 Å². The highest BCUT2D eigenvalue weighted by atomic mass is 16.6. The third-order valence-corrected chi connectivity index (χ3v) is 2.71. The van der Waals surface area contributed by atoms with E-state index in [9.17, 15) is 0 Å². The number of fused-ring (bicyclic) bond motifs is 1. The third kappa shape index (κ3) is 1.80. The first-order valence-electron chi connectivity index (χ1n) is 5.14. The topological polar surface area (TPSA) is 36.9 Å². The minimum absolute atomic E-state index is 0.0577. The lowest BCUT2D eigenvalue weighted by Gasteiger charge is -2.18. The van der Waals surface area contributed by atoms with Gasteiger partial charge in [-0.3, -0.25) is 0 Å². The lowest BCUT2D eigenvalue weighted by molar-refractivity contribution is -0.0629. The Balaban J connectivity index is 1.94. The number of rotatable bonds is 3. The van der Waals surface area contributed by atoms with Crippen molar-refractivity contribution in [3.8, 4) is 0 Å². The largest absolute Gasteiger partial charge is 0.376 e. The van der Waals surface area contributed by atoms with Crippen LogP contribution in [0.15, 0.2) is 0 Å². The van der Waals surface area contributed by atoms with Gasteiger partial charge in [-0.25, -0.2) is 0 Å². The van der Waals surface area contributed by atoms with Crippen LogP contribution in [0.4, 0.5) is 0 Å². The van der Waals surface area contributed by atoms with Gasteiger partial charge in [-0.15, -0.1) is 0 Å². The van der Waals surface area contributed by atoms with E-state index in [2.05, 4.69) is 0 Å². The van der Waals surface area contributed by atoms with E-state index in [0.717, 1.165) is 0 Å². The summed E-state index contributed by atoms with van der Waals surface area (Å²) in [6.07, 6.45) is 0.472. The zero-order valence-electron chi connectivity index (χ0n) is 8.93. The van der Waals surface area contributed by atoms with Crippen LogP contribution in [0.2, 0.25) is 0 Å². The molecule has 0 amide bonds. The fourth-order valence-corrected chi connectivity index (χ4v) is 2.10. The summed E-state index contributed by atoms with van der Waals surface area (Å²) in [4.78, 5) is 0. The number of hydrogen-bond donors (Lipinski definition) is 0. The maximum absolute atomic E-state index is 5.71. The molecule has 4 unspecified atom stereocenters. The van der Waals surface area contributed by atoms with Gasteiger partial charge in [0.2, 0.25) is 0 Å². The Kier molecular flexibility index (Phi) is 3.07. The second-order valence-corrected chi connectivity index (χ2v) is 4.09. The highest BCUT2D eigenvalue weighted by Crippen LogP contribution is 2.30. The van der Waals surface area contributed by atoms with Crippen LogP contribution >= 0.6 is 0 Å². The Morgan fingerprint density at radius 2 is 1.64 bits per heavy atom. The van der Waals surface area contributed by atoms with Gasteiger partial charge < -0.3 is 18.9 Å². The van der Waals surface area contributed by atoms with Crippen LogP contribution in [-0.2, 0) is 18.9 Å². The SMILES string of the molecule is COC1COC2C(OC(C)C)COC12. The van der Waals surface area contributed by atoms with Crippen LogP contribution in [0.25, 0.3) is 0 Å². The Morgan fingerprint density at radius 3 is 2.21 bits per heavy atom. The molecule has 4 atom stereocenters. The van der Waals surface area contributed by atoms with Crippen LogP contribution in [0.3, 0.4) is 0 Å². The smallest absolute Gasteiger partial charge is 0.115 e. The first-order chi connectivity index (χ1) is 6.72. The zero-order valence-corrected chi connectivity index (χ0v) is 8.93. The van der Waals surface area contributed by atoms with Crippen LogP contribution in [0, 0.1) is 0 Å². The molecule has 82 valence electrons. The van der Waals surface area contributed by atoms with Crippen LogP contribution in [-0.4, -0.2) is 50.8 Å². The quantitative estimate of drug-likeness (QED) is 0.671. The van der Waals surface area contributed by atoms with E-state index in [0.29, 0.717) is 13.2 Å². The summed E-state index contributed by atoms with van der Waals surface area (Å²) in [5.41, 5.74) is 0. The van der Waals surface area contributed by atoms with Gasteiger partial charge in [-0.1, -0.05) is 0 Å². The molecule has 0 aromatic rings. The van der Waals surface area contributed by atoms with E-state index < -0.39 is 0 Å². The van der Waals surface area contributed by atoms with Crippen LogP contribution in [0.1, 0.15) is 13.8 Å². The van der Waals surface area contributed by atoms with E-state index >= 15 is 0 Å². The second kappa shape index (κ2) is 4.14. The predicted molar refractivity (Wildman–Crippen MR) is 50.3 cm³/mol. The molecular formula is C10H18O4. The summed E-state index contributed by atoms with van der Waals surface area (Å²) >= 11 is 0. The molecule has 0 saturated carbocycles. The molecule has 14 heavy (non-hydrogen) atoms. The van der Waals surface area contributed by atoms with Crippen molar-refractivity contribution in [2.75, 3.05) is 20.3 Å². The van der Waals surface area contributed by atoms with Crippen molar-refractivity contribution in [2.24, 2.45) is 0 Å². The maximum Gasteiger partial charge on any atom is 0.115 e.